The molecule has 0 bridgehead atoms. The van der Waals surface area contributed by atoms with Crippen LogP contribution >= 0.6 is 0 Å². The van der Waals surface area contributed by atoms with Crippen molar-refractivity contribution in [1.29, 1.82) is 0 Å². The van der Waals surface area contributed by atoms with Gasteiger partial charge in [0.1, 0.15) is 0 Å². The Kier molecular flexibility index (Phi) is 2.26. The summed E-state index contributed by atoms with van der Waals surface area (Å²) in [5, 5.41) is 10.0. The van der Waals surface area contributed by atoms with E-state index in [0.717, 1.165) is 6.42 Å². The molecule has 0 radical (unpaired) electrons. The Morgan fingerprint density at radius 3 is 2.45 bits per heavy atom. The second-order valence-corrected chi connectivity index (χ2v) is 4.18. The smallest absolute Gasteiger partial charge is 0.0687 e. The van der Waals surface area contributed by atoms with Gasteiger partial charge in [-0.3, -0.25) is 0 Å². The maximum atomic E-state index is 10.0. The average molecular weight is 157 g/mol. The monoisotopic (exact) mass is 157 g/mol. The molecule has 4 atom stereocenters. The Labute approximate surface area is 68.8 Å². The van der Waals surface area contributed by atoms with Crippen LogP contribution in [0.2, 0.25) is 0 Å². The van der Waals surface area contributed by atoms with E-state index in [9.17, 15) is 5.11 Å². The lowest BCUT2D eigenvalue weighted by atomic mass is 9.85. The third-order valence-electron chi connectivity index (χ3n) is 3.21. The molecule has 1 fully saturated rings. The van der Waals surface area contributed by atoms with Gasteiger partial charge in [-0.05, 0) is 37.6 Å². The molecule has 0 aromatic rings. The minimum atomic E-state index is -0.534. The first-order chi connectivity index (χ1) is 5.00. The molecule has 4 unspecified atom stereocenters. The van der Waals surface area contributed by atoms with Crippen molar-refractivity contribution in [1.82, 2.24) is 0 Å². The summed E-state index contributed by atoms with van der Waals surface area (Å²) in [7, 11) is 0. The van der Waals surface area contributed by atoms with Crippen molar-refractivity contribution in [2.24, 2.45) is 23.5 Å². The molecular formula is C9H19NO. The van der Waals surface area contributed by atoms with E-state index >= 15 is 0 Å². The molecule has 0 aliphatic heterocycles. The maximum absolute atomic E-state index is 10.0. The van der Waals surface area contributed by atoms with Crippen LogP contribution in [0.5, 0.6) is 0 Å². The first-order valence-corrected chi connectivity index (χ1v) is 4.42. The van der Waals surface area contributed by atoms with Crippen LogP contribution in [-0.2, 0) is 0 Å². The molecule has 0 spiro atoms. The van der Waals surface area contributed by atoms with E-state index < -0.39 is 5.60 Å². The molecule has 0 amide bonds. The molecule has 1 aliphatic rings. The predicted octanol–water partition coefficient (Wildman–Crippen LogP) is 0.988. The molecule has 0 heterocycles. The van der Waals surface area contributed by atoms with E-state index in [-0.39, 0.29) is 5.92 Å². The fourth-order valence-electron chi connectivity index (χ4n) is 1.74. The fourth-order valence-corrected chi connectivity index (χ4v) is 1.74. The van der Waals surface area contributed by atoms with Gasteiger partial charge in [0.15, 0.2) is 0 Å². The van der Waals surface area contributed by atoms with Gasteiger partial charge >= 0.3 is 0 Å². The average Bonchev–Trinajstić information content (AvgIpc) is 2.65. The lowest BCUT2D eigenvalue weighted by Crippen LogP contribution is -2.39. The highest BCUT2D eigenvalue weighted by Crippen LogP contribution is 2.48. The fraction of sp³-hybridized carbons (Fsp3) is 1.00. The van der Waals surface area contributed by atoms with Crippen molar-refractivity contribution in [3.63, 3.8) is 0 Å². The Hall–Kier alpha value is -0.0800. The van der Waals surface area contributed by atoms with Gasteiger partial charge in [-0.15, -0.1) is 0 Å². The van der Waals surface area contributed by atoms with Crippen LogP contribution in [0, 0.1) is 17.8 Å². The SMILES string of the molecule is CC1CC1C(C)(O)C(C)CN. The molecule has 3 N–H and O–H groups in total. The Morgan fingerprint density at radius 1 is 1.73 bits per heavy atom. The molecule has 11 heavy (non-hydrogen) atoms. The van der Waals surface area contributed by atoms with Gasteiger partial charge in [0.2, 0.25) is 0 Å². The second kappa shape index (κ2) is 2.76. The van der Waals surface area contributed by atoms with Crippen molar-refractivity contribution in [3.05, 3.63) is 0 Å². The van der Waals surface area contributed by atoms with Gasteiger partial charge in [-0.25, -0.2) is 0 Å². The molecule has 1 aliphatic carbocycles. The lowest BCUT2D eigenvalue weighted by molar-refractivity contribution is -0.0155. The molecule has 2 heteroatoms. The standard InChI is InChI=1S/C9H19NO/c1-6-4-8(6)9(3,11)7(2)5-10/h6-8,11H,4-5,10H2,1-3H3. The zero-order valence-electron chi connectivity index (χ0n) is 7.67. The van der Waals surface area contributed by atoms with E-state index in [0.29, 0.717) is 18.4 Å². The van der Waals surface area contributed by atoms with Crippen LogP contribution in [-0.4, -0.2) is 17.3 Å². The van der Waals surface area contributed by atoms with Gasteiger partial charge in [0.05, 0.1) is 5.60 Å². The minimum Gasteiger partial charge on any atom is -0.390 e. The van der Waals surface area contributed by atoms with Crippen LogP contribution in [0.1, 0.15) is 27.2 Å². The number of hydrogen-bond donors (Lipinski definition) is 2. The summed E-state index contributed by atoms with van der Waals surface area (Å²) in [6, 6.07) is 0. The Bertz CT molecular complexity index is 138. The summed E-state index contributed by atoms with van der Waals surface area (Å²) in [5.41, 5.74) is 4.98. The van der Waals surface area contributed by atoms with Gasteiger partial charge in [-0.2, -0.15) is 0 Å². The Morgan fingerprint density at radius 2 is 2.18 bits per heavy atom. The van der Waals surface area contributed by atoms with Crippen LogP contribution in [0.25, 0.3) is 0 Å². The molecule has 0 saturated heterocycles. The topological polar surface area (TPSA) is 46.2 Å². The van der Waals surface area contributed by atoms with E-state index in [1.165, 1.54) is 0 Å². The van der Waals surface area contributed by atoms with Crippen LogP contribution in [0.15, 0.2) is 0 Å². The number of aliphatic hydroxyl groups is 1. The highest BCUT2D eigenvalue weighted by atomic mass is 16.3. The minimum absolute atomic E-state index is 0.220. The van der Waals surface area contributed by atoms with Gasteiger partial charge in [-0.1, -0.05) is 13.8 Å². The highest BCUT2D eigenvalue weighted by molar-refractivity contribution is 4.99. The quantitative estimate of drug-likeness (QED) is 0.641. The largest absolute Gasteiger partial charge is 0.390 e. The summed E-state index contributed by atoms with van der Waals surface area (Å²) in [5.74, 6) is 1.40. The summed E-state index contributed by atoms with van der Waals surface area (Å²) in [4.78, 5) is 0. The second-order valence-electron chi connectivity index (χ2n) is 4.18. The molecule has 2 nitrogen and oxygen atoms in total. The summed E-state index contributed by atoms with van der Waals surface area (Å²) < 4.78 is 0. The summed E-state index contributed by atoms with van der Waals surface area (Å²) >= 11 is 0. The molecule has 0 aromatic heterocycles. The zero-order valence-corrected chi connectivity index (χ0v) is 7.67. The van der Waals surface area contributed by atoms with Crippen molar-refractivity contribution in [3.8, 4) is 0 Å². The van der Waals surface area contributed by atoms with Gasteiger partial charge in [0, 0.05) is 0 Å². The van der Waals surface area contributed by atoms with E-state index in [1.54, 1.807) is 0 Å². The number of rotatable bonds is 3. The van der Waals surface area contributed by atoms with Crippen molar-refractivity contribution >= 4 is 0 Å². The molecule has 1 rings (SSSR count). The number of hydrogen-bond acceptors (Lipinski definition) is 2. The summed E-state index contributed by atoms with van der Waals surface area (Å²) in [6.07, 6.45) is 1.16. The van der Waals surface area contributed by atoms with E-state index in [4.69, 9.17) is 5.73 Å². The molecule has 0 aromatic carbocycles. The Balaban J connectivity index is 2.52. The zero-order chi connectivity index (χ0) is 8.65. The maximum Gasteiger partial charge on any atom is 0.0687 e. The summed E-state index contributed by atoms with van der Waals surface area (Å²) in [6.45, 7) is 6.70. The first-order valence-electron chi connectivity index (χ1n) is 4.42. The van der Waals surface area contributed by atoms with Crippen molar-refractivity contribution in [2.45, 2.75) is 32.8 Å². The molecule has 66 valence electrons. The van der Waals surface area contributed by atoms with Gasteiger partial charge < -0.3 is 10.8 Å². The van der Waals surface area contributed by atoms with Gasteiger partial charge in [0.25, 0.3) is 0 Å². The normalized spacial score (nSPS) is 37.9. The van der Waals surface area contributed by atoms with E-state index in [2.05, 4.69) is 6.92 Å². The molecule has 1 saturated carbocycles. The van der Waals surface area contributed by atoms with Crippen molar-refractivity contribution < 1.29 is 5.11 Å². The third kappa shape index (κ3) is 1.57. The number of nitrogens with two attached hydrogens (primary N) is 1. The van der Waals surface area contributed by atoms with Crippen LogP contribution in [0.4, 0.5) is 0 Å². The van der Waals surface area contributed by atoms with Crippen LogP contribution in [0.3, 0.4) is 0 Å². The lowest BCUT2D eigenvalue weighted by Gasteiger charge is -2.29. The van der Waals surface area contributed by atoms with Crippen LogP contribution < -0.4 is 5.73 Å². The third-order valence-corrected chi connectivity index (χ3v) is 3.21. The first kappa shape index (κ1) is 9.01. The van der Waals surface area contributed by atoms with Crippen molar-refractivity contribution in [2.75, 3.05) is 6.54 Å². The van der Waals surface area contributed by atoms with E-state index in [1.807, 2.05) is 13.8 Å². The highest BCUT2D eigenvalue weighted by Gasteiger charge is 2.48. The molecular weight excluding hydrogens is 138 g/mol. The predicted molar refractivity (Wildman–Crippen MR) is 46.1 cm³/mol.